The fourth-order valence-corrected chi connectivity index (χ4v) is 5.03. The lowest BCUT2D eigenvalue weighted by Gasteiger charge is -2.24. The fourth-order valence-electron chi connectivity index (χ4n) is 3.61. The minimum atomic E-state index is -3.06. The monoisotopic (exact) mass is 274 g/mol. The Morgan fingerprint density at radius 3 is 2.39 bits per heavy atom. The Morgan fingerprint density at radius 1 is 1.17 bits per heavy atom. The Kier molecular flexibility index (Phi) is 4.67. The average molecular weight is 274 g/mol. The summed E-state index contributed by atoms with van der Waals surface area (Å²) in [6.07, 6.45) is 5.35. The van der Waals surface area contributed by atoms with Crippen molar-refractivity contribution in [2.24, 2.45) is 11.8 Å². The van der Waals surface area contributed by atoms with Gasteiger partial charge in [-0.15, -0.1) is 0 Å². The highest BCUT2D eigenvalue weighted by Crippen LogP contribution is 2.44. The lowest BCUT2D eigenvalue weighted by atomic mass is 9.95. The summed E-state index contributed by atoms with van der Waals surface area (Å²) in [6, 6.07) is 0.579. The van der Waals surface area contributed by atoms with Gasteiger partial charge in [-0.1, -0.05) is 20.3 Å². The Balaban J connectivity index is 1.75. The molecule has 1 N–H and O–H groups in total. The van der Waals surface area contributed by atoms with Gasteiger partial charge in [-0.05, 0) is 31.1 Å². The lowest BCUT2D eigenvalue weighted by Crippen LogP contribution is -2.40. The van der Waals surface area contributed by atoms with Gasteiger partial charge < -0.3 is 5.32 Å². The van der Waals surface area contributed by atoms with Crippen molar-refractivity contribution < 1.29 is 8.42 Å². The molecule has 0 aromatic carbocycles. The molecule has 5 heteroatoms. The summed E-state index contributed by atoms with van der Waals surface area (Å²) in [5.41, 5.74) is 0. The number of sulfonamides is 1. The predicted octanol–water partition coefficient (Wildman–Crippen LogP) is 1.44. The zero-order valence-electron chi connectivity index (χ0n) is 11.6. The smallest absolute Gasteiger partial charge is 0.215 e. The molecule has 2 aliphatic carbocycles. The number of hydrogen-bond acceptors (Lipinski definition) is 3. The molecule has 2 fully saturated rings. The SMILES string of the molecule is CCN(CC)S(=O)(=O)CCN[C@H]1C[C@H]2CC[C@H]1C2. The summed E-state index contributed by atoms with van der Waals surface area (Å²) in [4.78, 5) is 0. The largest absolute Gasteiger partial charge is 0.313 e. The van der Waals surface area contributed by atoms with E-state index in [1.54, 1.807) is 4.31 Å². The Morgan fingerprint density at radius 2 is 1.89 bits per heavy atom. The third-order valence-electron chi connectivity index (χ3n) is 4.60. The highest BCUT2D eigenvalue weighted by Gasteiger charge is 2.39. The first-order chi connectivity index (χ1) is 8.56. The number of nitrogens with one attached hydrogen (secondary N) is 1. The Labute approximate surface area is 111 Å². The molecule has 0 amide bonds. The van der Waals surface area contributed by atoms with Crippen LogP contribution in [0, 0.1) is 11.8 Å². The highest BCUT2D eigenvalue weighted by atomic mass is 32.2. The van der Waals surface area contributed by atoms with E-state index < -0.39 is 10.0 Å². The van der Waals surface area contributed by atoms with Gasteiger partial charge in [0.05, 0.1) is 5.75 Å². The second-order valence-corrected chi connectivity index (χ2v) is 7.72. The minimum Gasteiger partial charge on any atom is -0.313 e. The summed E-state index contributed by atoms with van der Waals surface area (Å²) in [5.74, 6) is 1.96. The minimum absolute atomic E-state index is 0.239. The molecule has 18 heavy (non-hydrogen) atoms. The van der Waals surface area contributed by atoms with Crippen molar-refractivity contribution in [2.45, 2.75) is 45.6 Å². The molecule has 0 heterocycles. The summed E-state index contributed by atoms with van der Waals surface area (Å²) in [7, 11) is -3.06. The van der Waals surface area contributed by atoms with Crippen LogP contribution in [0.5, 0.6) is 0 Å². The molecule has 2 bridgehead atoms. The summed E-state index contributed by atoms with van der Waals surface area (Å²) >= 11 is 0. The van der Waals surface area contributed by atoms with Gasteiger partial charge in [-0.2, -0.15) is 0 Å². The van der Waals surface area contributed by atoms with Crippen LogP contribution in [-0.4, -0.2) is 44.2 Å². The van der Waals surface area contributed by atoms with E-state index in [0.717, 1.165) is 11.8 Å². The zero-order valence-corrected chi connectivity index (χ0v) is 12.4. The second-order valence-electron chi connectivity index (χ2n) is 5.64. The molecule has 106 valence electrons. The molecule has 4 nitrogen and oxygen atoms in total. The molecule has 2 saturated carbocycles. The molecule has 3 atom stereocenters. The van der Waals surface area contributed by atoms with Gasteiger partial charge in [-0.25, -0.2) is 12.7 Å². The van der Waals surface area contributed by atoms with Gasteiger partial charge in [-0.3, -0.25) is 0 Å². The van der Waals surface area contributed by atoms with Crippen LogP contribution in [0.15, 0.2) is 0 Å². The summed E-state index contributed by atoms with van der Waals surface area (Å²) in [6.45, 7) is 5.54. The van der Waals surface area contributed by atoms with Crippen molar-refractivity contribution in [1.29, 1.82) is 0 Å². The Hall–Kier alpha value is -0.130. The van der Waals surface area contributed by atoms with E-state index in [1.807, 2.05) is 13.8 Å². The van der Waals surface area contributed by atoms with Crippen LogP contribution in [-0.2, 0) is 10.0 Å². The molecule has 0 saturated heterocycles. The molecule has 0 spiro atoms. The Bertz CT molecular complexity index is 365. The second kappa shape index (κ2) is 5.88. The van der Waals surface area contributed by atoms with Crippen molar-refractivity contribution >= 4 is 10.0 Å². The quantitative estimate of drug-likeness (QED) is 0.764. The third-order valence-corrected chi connectivity index (χ3v) is 6.63. The van der Waals surface area contributed by atoms with Crippen LogP contribution >= 0.6 is 0 Å². The third kappa shape index (κ3) is 3.06. The van der Waals surface area contributed by atoms with E-state index >= 15 is 0 Å². The maximum atomic E-state index is 12.0. The van der Waals surface area contributed by atoms with E-state index in [2.05, 4.69) is 5.32 Å². The maximum Gasteiger partial charge on any atom is 0.215 e. The van der Waals surface area contributed by atoms with E-state index in [1.165, 1.54) is 25.7 Å². The summed E-state index contributed by atoms with van der Waals surface area (Å²) in [5, 5.41) is 3.47. The molecule has 0 aromatic heterocycles. The molecule has 0 aliphatic heterocycles. The normalized spacial score (nSPS) is 31.4. The maximum absolute atomic E-state index is 12.0. The first kappa shape index (κ1) is 14.3. The highest BCUT2D eigenvalue weighted by molar-refractivity contribution is 7.89. The fraction of sp³-hybridized carbons (Fsp3) is 1.00. The van der Waals surface area contributed by atoms with E-state index in [-0.39, 0.29) is 5.75 Å². The van der Waals surface area contributed by atoms with Gasteiger partial charge in [0.15, 0.2) is 0 Å². The van der Waals surface area contributed by atoms with Crippen LogP contribution < -0.4 is 5.32 Å². The predicted molar refractivity (Wildman–Crippen MR) is 73.9 cm³/mol. The van der Waals surface area contributed by atoms with Crippen molar-refractivity contribution in [3.63, 3.8) is 0 Å². The molecular formula is C13H26N2O2S. The molecule has 0 radical (unpaired) electrons. The molecule has 0 unspecified atom stereocenters. The van der Waals surface area contributed by atoms with Crippen LogP contribution in [0.1, 0.15) is 39.5 Å². The van der Waals surface area contributed by atoms with Crippen LogP contribution in [0.2, 0.25) is 0 Å². The number of rotatable bonds is 7. The lowest BCUT2D eigenvalue weighted by molar-refractivity contribution is 0.357. The first-order valence-corrected chi connectivity index (χ1v) is 8.89. The topological polar surface area (TPSA) is 49.4 Å². The summed E-state index contributed by atoms with van der Waals surface area (Å²) < 4.78 is 25.6. The van der Waals surface area contributed by atoms with Gasteiger partial charge >= 0.3 is 0 Å². The van der Waals surface area contributed by atoms with Crippen molar-refractivity contribution in [3.05, 3.63) is 0 Å². The number of hydrogen-bond donors (Lipinski definition) is 1. The van der Waals surface area contributed by atoms with Crippen LogP contribution in [0.25, 0.3) is 0 Å². The van der Waals surface area contributed by atoms with Crippen molar-refractivity contribution in [2.75, 3.05) is 25.4 Å². The molecular weight excluding hydrogens is 248 g/mol. The van der Waals surface area contributed by atoms with Gasteiger partial charge in [0.2, 0.25) is 10.0 Å². The van der Waals surface area contributed by atoms with Gasteiger partial charge in [0.1, 0.15) is 0 Å². The number of nitrogens with zero attached hydrogens (tertiary/aromatic N) is 1. The molecule has 0 aromatic rings. The van der Waals surface area contributed by atoms with Gasteiger partial charge in [0.25, 0.3) is 0 Å². The van der Waals surface area contributed by atoms with Crippen LogP contribution in [0.4, 0.5) is 0 Å². The molecule has 2 aliphatic rings. The van der Waals surface area contributed by atoms with Crippen LogP contribution in [0.3, 0.4) is 0 Å². The van der Waals surface area contributed by atoms with E-state index in [4.69, 9.17) is 0 Å². The first-order valence-electron chi connectivity index (χ1n) is 7.28. The van der Waals surface area contributed by atoms with Crippen molar-refractivity contribution in [1.82, 2.24) is 9.62 Å². The standard InChI is InChI=1S/C13H26N2O2S/c1-3-15(4-2)18(16,17)8-7-14-13-10-11-5-6-12(13)9-11/h11-14H,3-10H2,1-2H3/t11-,12-,13-/m0/s1. The number of fused-ring (bicyclic) bond motifs is 2. The van der Waals surface area contributed by atoms with Crippen molar-refractivity contribution in [3.8, 4) is 0 Å². The van der Waals surface area contributed by atoms with E-state index in [9.17, 15) is 8.42 Å². The zero-order chi connectivity index (χ0) is 13.2. The molecule has 2 rings (SSSR count). The average Bonchev–Trinajstić information content (AvgIpc) is 2.92. The van der Waals surface area contributed by atoms with E-state index in [0.29, 0.717) is 25.7 Å². The van der Waals surface area contributed by atoms with Gasteiger partial charge in [0, 0.05) is 25.7 Å².